The van der Waals surface area contributed by atoms with Gasteiger partial charge >= 0.3 is 0 Å². The minimum atomic E-state index is 0.739. The van der Waals surface area contributed by atoms with Crippen molar-refractivity contribution in [3.05, 3.63) is 28.8 Å². The van der Waals surface area contributed by atoms with Gasteiger partial charge in [0.15, 0.2) is 5.96 Å². The van der Waals surface area contributed by atoms with Gasteiger partial charge in [0.2, 0.25) is 0 Å². The number of rotatable bonds is 9. The Morgan fingerprint density at radius 2 is 1.89 bits per heavy atom. The smallest absolute Gasteiger partial charge is 0.190 e. The number of likely N-dealkylation sites (N-methyl/N-ethyl adjacent to an activating group) is 1. The molecule has 0 aromatic heterocycles. The highest BCUT2D eigenvalue weighted by Crippen LogP contribution is 2.22. The molecule has 1 aliphatic rings. The third-order valence-corrected chi connectivity index (χ3v) is 5.31. The molecular weight excluding hydrogens is 362 g/mol. The highest BCUT2D eigenvalue weighted by Gasteiger charge is 2.12. The van der Waals surface area contributed by atoms with Gasteiger partial charge in [-0.05, 0) is 50.6 Å². The summed E-state index contributed by atoms with van der Waals surface area (Å²) in [6.07, 6.45) is 3.21. The largest absolute Gasteiger partial charge is 0.497 e. The van der Waals surface area contributed by atoms with Crippen molar-refractivity contribution < 1.29 is 4.74 Å². The van der Waals surface area contributed by atoms with Crippen molar-refractivity contribution in [2.24, 2.45) is 4.99 Å². The molecule has 0 saturated carbocycles. The third-order valence-electron chi connectivity index (χ3n) is 4.96. The molecule has 1 aromatic rings. The van der Waals surface area contributed by atoms with Gasteiger partial charge in [-0.25, -0.2) is 0 Å². The third kappa shape index (κ3) is 7.95. The maximum absolute atomic E-state index is 6.29. The molecule has 7 heteroatoms. The maximum Gasteiger partial charge on any atom is 0.190 e. The number of hydrogen-bond donors (Lipinski definition) is 2. The van der Waals surface area contributed by atoms with Gasteiger partial charge in [0, 0.05) is 51.3 Å². The highest BCUT2D eigenvalue weighted by atomic mass is 35.5. The Morgan fingerprint density at radius 1 is 1.15 bits per heavy atom. The summed E-state index contributed by atoms with van der Waals surface area (Å²) in [4.78, 5) is 9.25. The van der Waals surface area contributed by atoms with Crippen LogP contribution >= 0.6 is 11.6 Å². The summed E-state index contributed by atoms with van der Waals surface area (Å²) in [5, 5.41) is 7.48. The van der Waals surface area contributed by atoms with Crippen LogP contribution in [-0.2, 0) is 6.42 Å². The normalized spacial score (nSPS) is 16.4. The monoisotopic (exact) mass is 395 g/mol. The number of halogens is 1. The van der Waals surface area contributed by atoms with Crippen LogP contribution in [0.3, 0.4) is 0 Å². The molecule has 152 valence electrons. The van der Waals surface area contributed by atoms with Crippen LogP contribution in [-0.4, -0.2) is 82.8 Å². The second-order valence-corrected chi connectivity index (χ2v) is 7.39. The van der Waals surface area contributed by atoms with Crippen LogP contribution in [0.25, 0.3) is 0 Å². The fourth-order valence-corrected chi connectivity index (χ4v) is 3.40. The second kappa shape index (κ2) is 12.1. The summed E-state index contributed by atoms with van der Waals surface area (Å²) >= 11 is 6.29. The molecule has 0 amide bonds. The lowest BCUT2D eigenvalue weighted by molar-refractivity contribution is 0.152. The van der Waals surface area contributed by atoms with Gasteiger partial charge in [0.1, 0.15) is 5.75 Å². The van der Waals surface area contributed by atoms with Gasteiger partial charge < -0.3 is 25.2 Å². The predicted molar refractivity (Wildman–Crippen MR) is 114 cm³/mol. The summed E-state index contributed by atoms with van der Waals surface area (Å²) in [6, 6.07) is 5.80. The molecule has 2 rings (SSSR count). The Labute approximate surface area is 168 Å². The van der Waals surface area contributed by atoms with Crippen LogP contribution in [0.5, 0.6) is 5.75 Å². The van der Waals surface area contributed by atoms with E-state index in [-0.39, 0.29) is 0 Å². The number of unbranched alkanes of at least 4 members (excludes halogenated alkanes) is 1. The van der Waals surface area contributed by atoms with E-state index in [1.54, 1.807) is 14.2 Å². The Balaban J connectivity index is 1.58. The van der Waals surface area contributed by atoms with Crippen LogP contribution in [0, 0.1) is 0 Å². The van der Waals surface area contributed by atoms with Gasteiger partial charge in [0.25, 0.3) is 0 Å². The number of ether oxygens (including phenoxy) is 1. The number of methoxy groups -OCH3 is 1. The van der Waals surface area contributed by atoms with Gasteiger partial charge in [-0.1, -0.05) is 17.7 Å². The lowest BCUT2D eigenvalue weighted by Crippen LogP contribution is -2.44. The van der Waals surface area contributed by atoms with E-state index >= 15 is 0 Å². The zero-order chi connectivity index (χ0) is 19.5. The summed E-state index contributed by atoms with van der Waals surface area (Å²) in [6.45, 7) is 7.68. The SMILES string of the molecule is CN=C(NCCCCN1CCN(C)CC1)NCCc1ccc(OC)cc1Cl. The van der Waals surface area contributed by atoms with E-state index < -0.39 is 0 Å². The van der Waals surface area contributed by atoms with E-state index in [1.165, 1.54) is 39.1 Å². The van der Waals surface area contributed by atoms with Crippen molar-refractivity contribution in [2.45, 2.75) is 19.3 Å². The average Bonchev–Trinajstić information content (AvgIpc) is 2.68. The van der Waals surface area contributed by atoms with E-state index in [2.05, 4.69) is 32.5 Å². The minimum Gasteiger partial charge on any atom is -0.497 e. The fraction of sp³-hybridized carbons (Fsp3) is 0.650. The van der Waals surface area contributed by atoms with Crippen LogP contribution in [0.1, 0.15) is 18.4 Å². The number of nitrogens with one attached hydrogen (secondary N) is 2. The molecule has 0 bridgehead atoms. The van der Waals surface area contributed by atoms with E-state index in [0.29, 0.717) is 0 Å². The summed E-state index contributed by atoms with van der Waals surface area (Å²) in [7, 11) is 5.65. The number of piperazine rings is 1. The Bertz CT molecular complexity index is 588. The molecule has 0 spiro atoms. The van der Waals surface area contributed by atoms with E-state index in [0.717, 1.165) is 48.2 Å². The Morgan fingerprint density at radius 3 is 2.56 bits per heavy atom. The molecule has 27 heavy (non-hydrogen) atoms. The fourth-order valence-electron chi connectivity index (χ4n) is 3.13. The van der Waals surface area contributed by atoms with Gasteiger partial charge in [-0.3, -0.25) is 4.99 Å². The zero-order valence-electron chi connectivity index (χ0n) is 16.9. The standard InChI is InChI=1S/C20H34ClN5O/c1-22-20(23-9-4-5-11-26-14-12-25(2)13-15-26)24-10-8-17-6-7-18(27-3)16-19(17)21/h6-7,16H,4-5,8-15H2,1-3H3,(H2,22,23,24). The van der Waals surface area contributed by atoms with Crippen LogP contribution in [0.15, 0.2) is 23.2 Å². The van der Waals surface area contributed by atoms with E-state index in [4.69, 9.17) is 16.3 Å². The molecule has 0 radical (unpaired) electrons. The summed E-state index contributed by atoms with van der Waals surface area (Å²) in [5.41, 5.74) is 1.10. The molecule has 1 heterocycles. The first-order chi connectivity index (χ1) is 13.1. The molecule has 1 fully saturated rings. The molecule has 2 N–H and O–H groups in total. The number of nitrogens with zero attached hydrogens (tertiary/aromatic N) is 3. The molecule has 0 unspecified atom stereocenters. The van der Waals surface area contributed by atoms with Gasteiger partial charge in [0.05, 0.1) is 7.11 Å². The molecule has 0 atom stereocenters. The van der Waals surface area contributed by atoms with Crippen LogP contribution < -0.4 is 15.4 Å². The molecule has 0 aliphatic carbocycles. The Hall–Kier alpha value is -1.50. The maximum atomic E-state index is 6.29. The molecule has 1 aromatic carbocycles. The molecule has 6 nitrogen and oxygen atoms in total. The summed E-state index contributed by atoms with van der Waals surface area (Å²) in [5.74, 6) is 1.63. The number of hydrogen-bond acceptors (Lipinski definition) is 4. The van der Waals surface area contributed by atoms with Crippen molar-refractivity contribution in [2.75, 3.05) is 67.0 Å². The zero-order valence-corrected chi connectivity index (χ0v) is 17.7. The molecular formula is C20H34ClN5O. The topological polar surface area (TPSA) is 52.1 Å². The van der Waals surface area contributed by atoms with Crippen LogP contribution in [0.4, 0.5) is 0 Å². The van der Waals surface area contributed by atoms with E-state index in [1.807, 2.05) is 18.2 Å². The Kier molecular flexibility index (Phi) is 9.73. The average molecular weight is 396 g/mol. The summed E-state index contributed by atoms with van der Waals surface area (Å²) < 4.78 is 5.18. The number of benzene rings is 1. The molecule has 1 aliphatic heterocycles. The van der Waals surface area contributed by atoms with E-state index in [9.17, 15) is 0 Å². The number of guanidine groups is 1. The predicted octanol–water partition coefficient (Wildman–Crippen LogP) is 2.08. The second-order valence-electron chi connectivity index (χ2n) is 6.99. The van der Waals surface area contributed by atoms with Crippen molar-refractivity contribution in [3.63, 3.8) is 0 Å². The van der Waals surface area contributed by atoms with Crippen molar-refractivity contribution in [3.8, 4) is 5.75 Å². The van der Waals surface area contributed by atoms with Crippen molar-refractivity contribution in [1.29, 1.82) is 0 Å². The minimum absolute atomic E-state index is 0.739. The van der Waals surface area contributed by atoms with Crippen LogP contribution in [0.2, 0.25) is 5.02 Å². The molecule has 1 saturated heterocycles. The number of aliphatic imine (C=N–C) groups is 1. The van der Waals surface area contributed by atoms with Crippen molar-refractivity contribution >= 4 is 17.6 Å². The van der Waals surface area contributed by atoms with Crippen molar-refractivity contribution in [1.82, 2.24) is 20.4 Å². The highest BCUT2D eigenvalue weighted by molar-refractivity contribution is 6.31. The quantitative estimate of drug-likeness (QED) is 0.381. The first-order valence-electron chi connectivity index (χ1n) is 9.80. The van der Waals surface area contributed by atoms with Gasteiger partial charge in [-0.2, -0.15) is 0 Å². The first kappa shape index (κ1) is 21.8. The lowest BCUT2D eigenvalue weighted by atomic mass is 10.1. The lowest BCUT2D eigenvalue weighted by Gasteiger charge is -2.32. The van der Waals surface area contributed by atoms with Gasteiger partial charge in [-0.15, -0.1) is 0 Å². The first-order valence-corrected chi connectivity index (χ1v) is 10.2.